The van der Waals surface area contributed by atoms with Crippen molar-refractivity contribution < 1.29 is 14.4 Å². The second-order valence-corrected chi connectivity index (χ2v) is 11.2. The van der Waals surface area contributed by atoms with Gasteiger partial charge >= 0.3 is 0 Å². The highest BCUT2D eigenvalue weighted by molar-refractivity contribution is 5.92. The summed E-state index contributed by atoms with van der Waals surface area (Å²) in [4.78, 5) is 3.45. The number of allylic oxidation sites excluding steroid dienone is 2. The van der Waals surface area contributed by atoms with Gasteiger partial charge in [0.15, 0.2) is 5.71 Å². The number of piperidine rings is 1. The zero-order chi connectivity index (χ0) is 22.7. The fourth-order valence-corrected chi connectivity index (χ4v) is 6.42. The van der Waals surface area contributed by atoms with Gasteiger partial charge in [-0.05, 0) is 11.8 Å². The van der Waals surface area contributed by atoms with Gasteiger partial charge in [0.05, 0.1) is 6.08 Å². The zero-order valence-corrected chi connectivity index (χ0v) is 20.7. The van der Waals surface area contributed by atoms with Gasteiger partial charge in [-0.25, -0.2) is 4.58 Å². The number of hydrogen-bond acceptors (Lipinski definition) is 0. The lowest BCUT2D eigenvalue weighted by Crippen LogP contribution is -3.27. The number of quaternary nitrogens is 2. The Hall–Kier alpha value is -2.23. The number of hydrogen-bond donors (Lipinski definition) is 2. The van der Waals surface area contributed by atoms with E-state index in [1.807, 2.05) is 0 Å². The molecule has 2 fully saturated rings. The average molecular weight is 445 g/mol. The first-order valence-electron chi connectivity index (χ1n) is 13.2. The van der Waals surface area contributed by atoms with Crippen LogP contribution in [0.3, 0.4) is 0 Å². The summed E-state index contributed by atoms with van der Waals surface area (Å²) in [6, 6.07) is 22.7. The molecule has 1 aliphatic carbocycles. The molecular formula is C30H42N3+3. The van der Waals surface area contributed by atoms with Crippen LogP contribution >= 0.6 is 0 Å². The molecule has 0 bridgehead atoms. The third kappa shape index (κ3) is 5.31. The number of rotatable bonds is 4. The zero-order valence-electron chi connectivity index (χ0n) is 20.7. The Morgan fingerprint density at radius 3 is 1.88 bits per heavy atom. The smallest absolute Gasteiger partial charge is 0.182 e. The molecule has 2 aromatic carbocycles. The van der Waals surface area contributed by atoms with E-state index in [0.29, 0.717) is 11.5 Å². The molecule has 3 nitrogen and oxygen atoms in total. The van der Waals surface area contributed by atoms with Crippen LogP contribution in [-0.2, 0) is 0 Å². The average Bonchev–Trinajstić information content (AvgIpc) is 2.86. The molecule has 0 atom stereocenters. The van der Waals surface area contributed by atoms with Crippen LogP contribution in [0, 0.1) is 5.41 Å². The van der Waals surface area contributed by atoms with E-state index in [-0.39, 0.29) is 0 Å². The monoisotopic (exact) mass is 444 g/mol. The highest BCUT2D eigenvalue weighted by Crippen LogP contribution is 2.32. The molecule has 0 unspecified atom stereocenters. The Morgan fingerprint density at radius 1 is 0.727 bits per heavy atom. The second-order valence-electron chi connectivity index (χ2n) is 11.2. The Bertz CT molecular complexity index is 934. The van der Waals surface area contributed by atoms with Crippen molar-refractivity contribution in [3.05, 3.63) is 83.6 Å². The van der Waals surface area contributed by atoms with Crippen molar-refractivity contribution in [1.82, 2.24) is 0 Å². The van der Waals surface area contributed by atoms with Crippen LogP contribution in [0.1, 0.15) is 63.1 Å². The minimum Gasteiger partial charge on any atom is -0.316 e. The van der Waals surface area contributed by atoms with Gasteiger partial charge in [-0.2, -0.15) is 0 Å². The van der Waals surface area contributed by atoms with E-state index in [0.717, 1.165) is 0 Å². The fraction of sp³-hybridized carbons (Fsp3) is 0.500. The van der Waals surface area contributed by atoms with Crippen molar-refractivity contribution in [2.75, 3.05) is 39.3 Å². The van der Waals surface area contributed by atoms with Crippen molar-refractivity contribution >= 4 is 5.71 Å². The lowest BCUT2D eigenvalue weighted by molar-refractivity contribution is -1.01. The molecule has 2 aromatic rings. The predicted octanol–water partition coefficient (Wildman–Crippen LogP) is 2.90. The minimum atomic E-state index is 0.379. The highest BCUT2D eigenvalue weighted by atomic mass is 15.3. The highest BCUT2D eigenvalue weighted by Gasteiger charge is 2.39. The molecule has 2 N–H and O–H groups in total. The molecule has 3 aliphatic rings. The lowest BCUT2D eigenvalue weighted by atomic mass is 9.77. The number of piperazine rings is 1. The first kappa shape index (κ1) is 22.6. The SMILES string of the molecule is CC1(C)CC([NH+]2CC[NH+](C(c3ccccc3)c3ccccc3)CC2)=CC(=[N+]2CCCCC2)C1. The standard InChI is InChI=1S/C30H40N3/c1-30(2)23-27(31-16-10-5-11-17-31)22-28(24-30)32-18-20-33(21-19-32)29(25-12-6-3-7-13-25)26-14-8-4-9-15-26/h3-4,6-9,12-15,22,29H,5,10-11,16-21,23-24H2,1-2H3/q+1/p+2. The summed E-state index contributed by atoms with van der Waals surface area (Å²) in [5.41, 5.74) is 6.56. The first-order chi connectivity index (χ1) is 16.1. The quantitative estimate of drug-likeness (QED) is 0.673. The normalized spacial score (nSPS) is 25.7. The molecule has 0 spiro atoms. The molecule has 174 valence electrons. The van der Waals surface area contributed by atoms with Gasteiger partial charge in [0.25, 0.3) is 0 Å². The summed E-state index contributed by atoms with van der Waals surface area (Å²) in [7, 11) is 0. The number of benzene rings is 2. The Kier molecular flexibility index (Phi) is 6.80. The molecular weight excluding hydrogens is 402 g/mol. The maximum atomic E-state index is 2.70. The van der Waals surface area contributed by atoms with Crippen LogP contribution in [0.15, 0.2) is 72.4 Å². The maximum Gasteiger partial charge on any atom is 0.182 e. The molecule has 0 saturated carbocycles. The summed E-state index contributed by atoms with van der Waals surface area (Å²) in [5.74, 6) is 0. The predicted molar refractivity (Wildman–Crippen MR) is 136 cm³/mol. The summed E-state index contributed by atoms with van der Waals surface area (Å²) in [5, 5.41) is 0. The van der Waals surface area contributed by atoms with Crippen LogP contribution in [0.2, 0.25) is 0 Å². The van der Waals surface area contributed by atoms with E-state index in [1.54, 1.807) is 21.2 Å². The summed E-state index contributed by atoms with van der Waals surface area (Å²) >= 11 is 0. The van der Waals surface area contributed by atoms with E-state index < -0.39 is 0 Å². The molecule has 2 aliphatic heterocycles. The van der Waals surface area contributed by atoms with Crippen molar-refractivity contribution in [3.63, 3.8) is 0 Å². The molecule has 0 amide bonds. The van der Waals surface area contributed by atoms with Gasteiger partial charge in [-0.1, -0.05) is 74.5 Å². The van der Waals surface area contributed by atoms with Crippen molar-refractivity contribution in [2.24, 2.45) is 5.41 Å². The van der Waals surface area contributed by atoms with E-state index in [1.165, 1.54) is 82.5 Å². The first-order valence-corrected chi connectivity index (χ1v) is 13.2. The van der Waals surface area contributed by atoms with E-state index in [4.69, 9.17) is 0 Å². The van der Waals surface area contributed by atoms with E-state index in [2.05, 4.69) is 85.2 Å². The third-order valence-corrected chi connectivity index (χ3v) is 8.06. The van der Waals surface area contributed by atoms with Gasteiger partial charge in [0, 0.05) is 36.8 Å². The van der Waals surface area contributed by atoms with Crippen LogP contribution < -0.4 is 9.80 Å². The minimum absolute atomic E-state index is 0.379. The molecule has 33 heavy (non-hydrogen) atoms. The van der Waals surface area contributed by atoms with Crippen molar-refractivity contribution in [2.45, 2.75) is 52.0 Å². The van der Waals surface area contributed by atoms with Gasteiger partial charge in [0.2, 0.25) is 0 Å². The van der Waals surface area contributed by atoms with Gasteiger partial charge in [0.1, 0.15) is 51.0 Å². The maximum absolute atomic E-state index is 2.70. The molecule has 0 radical (unpaired) electrons. The second kappa shape index (κ2) is 9.95. The Labute approximate surface area is 200 Å². The molecule has 2 heterocycles. The molecule has 0 aromatic heterocycles. The Balaban J connectivity index is 1.35. The summed E-state index contributed by atoms with van der Waals surface area (Å²) in [6.45, 7) is 12.4. The van der Waals surface area contributed by atoms with E-state index in [9.17, 15) is 0 Å². The molecule has 2 saturated heterocycles. The van der Waals surface area contributed by atoms with Crippen molar-refractivity contribution in [3.8, 4) is 0 Å². The van der Waals surface area contributed by atoms with Gasteiger partial charge in [-0.3, -0.25) is 4.90 Å². The fourth-order valence-electron chi connectivity index (χ4n) is 6.42. The van der Waals surface area contributed by atoms with Crippen molar-refractivity contribution in [1.29, 1.82) is 0 Å². The molecule has 5 rings (SSSR count). The third-order valence-electron chi connectivity index (χ3n) is 8.06. The van der Waals surface area contributed by atoms with Crippen LogP contribution in [0.5, 0.6) is 0 Å². The number of nitrogens with one attached hydrogen (secondary N) is 2. The topological polar surface area (TPSA) is 11.9 Å². The van der Waals surface area contributed by atoms with Crippen LogP contribution in [0.25, 0.3) is 0 Å². The summed E-state index contributed by atoms with van der Waals surface area (Å²) < 4.78 is 2.70. The molecule has 3 heteroatoms. The largest absolute Gasteiger partial charge is 0.316 e. The lowest BCUT2D eigenvalue weighted by Gasteiger charge is -2.38. The van der Waals surface area contributed by atoms with E-state index >= 15 is 0 Å². The summed E-state index contributed by atoms with van der Waals surface area (Å²) in [6.07, 6.45) is 9.23. The van der Waals surface area contributed by atoms with Crippen LogP contribution in [-0.4, -0.2) is 49.6 Å². The number of nitrogens with zero attached hydrogens (tertiary/aromatic N) is 1. The van der Waals surface area contributed by atoms with Gasteiger partial charge < -0.3 is 4.90 Å². The van der Waals surface area contributed by atoms with Crippen LogP contribution in [0.4, 0.5) is 0 Å². The van der Waals surface area contributed by atoms with Gasteiger partial charge in [-0.15, -0.1) is 0 Å². The Morgan fingerprint density at radius 2 is 1.30 bits per heavy atom.